The van der Waals surface area contributed by atoms with Crippen molar-refractivity contribution in [3.05, 3.63) is 29.8 Å². The van der Waals surface area contributed by atoms with E-state index in [1.807, 2.05) is 11.8 Å². The van der Waals surface area contributed by atoms with Crippen LogP contribution in [0.4, 0.5) is 0 Å². The van der Waals surface area contributed by atoms with E-state index in [0.29, 0.717) is 5.41 Å². The summed E-state index contributed by atoms with van der Waals surface area (Å²) in [6, 6.07) is 8.92. The first kappa shape index (κ1) is 10.1. The third-order valence-electron chi connectivity index (χ3n) is 3.25. The maximum Gasteiger partial charge on any atom is 0.0110 e. The summed E-state index contributed by atoms with van der Waals surface area (Å²) in [7, 11) is 0. The second-order valence-electron chi connectivity index (χ2n) is 4.41. The van der Waals surface area contributed by atoms with Crippen LogP contribution in [0.2, 0.25) is 0 Å². The van der Waals surface area contributed by atoms with E-state index in [9.17, 15) is 0 Å². The van der Waals surface area contributed by atoms with Gasteiger partial charge in [0.25, 0.3) is 0 Å². The lowest BCUT2D eigenvalue weighted by atomic mass is 9.76. The van der Waals surface area contributed by atoms with Gasteiger partial charge in [-0.15, -0.1) is 11.8 Å². The zero-order valence-electron chi connectivity index (χ0n) is 9.05. The fourth-order valence-corrected chi connectivity index (χ4v) is 3.84. The van der Waals surface area contributed by atoms with Gasteiger partial charge in [-0.25, -0.2) is 0 Å². The molecule has 2 rings (SSSR count). The molecule has 0 aliphatic carbocycles. The standard InChI is InChI=1S/C13H18S/c1-3-8-13(2)9-10-14-12-7-5-4-6-11(12)13/h4-7H,3,8-10H2,1-2H3. The fraction of sp³-hybridized carbons (Fsp3) is 0.538. The average Bonchev–Trinajstić information content (AvgIpc) is 2.19. The number of thioether (sulfide) groups is 1. The molecule has 0 radical (unpaired) electrons. The minimum atomic E-state index is 0.441. The third kappa shape index (κ3) is 1.70. The number of hydrogen-bond donors (Lipinski definition) is 0. The highest BCUT2D eigenvalue weighted by Gasteiger charge is 2.30. The fourth-order valence-electron chi connectivity index (χ4n) is 2.42. The molecule has 0 spiro atoms. The van der Waals surface area contributed by atoms with Crippen LogP contribution in [0.5, 0.6) is 0 Å². The molecule has 1 aromatic rings. The van der Waals surface area contributed by atoms with Crippen molar-refractivity contribution in [1.29, 1.82) is 0 Å². The maximum atomic E-state index is 2.43. The SMILES string of the molecule is CCCC1(C)CCSc2ccccc21. The zero-order valence-corrected chi connectivity index (χ0v) is 9.86. The molecule has 0 aromatic heterocycles. The molecule has 1 heteroatoms. The minimum Gasteiger partial charge on any atom is -0.126 e. The molecule has 1 aromatic carbocycles. The van der Waals surface area contributed by atoms with Gasteiger partial charge in [-0.1, -0.05) is 38.5 Å². The Morgan fingerprint density at radius 2 is 2.14 bits per heavy atom. The van der Waals surface area contributed by atoms with Gasteiger partial charge in [-0.3, -0.25) is 0 Å². The molecule has 1 heterocycles. The van der Waals surface area contributed by atoms with Crippen LogP contribution in [0.3, 0.4) is 0 Å². The summed E-state index contributed by atoms with van der Waals surface area (Å²) in [6.07, 6.45) is 3.95. The van der Waals surface area contributed by atoms with Crippen molar-refractivity contribution in [3.8, 4) is 0 Å². The first-order chi connectivity index (χ1) is 6.76. The van der Waals surface area contributed by atoms with Crippen LogP contribution in [-0.2, 0) is 5.41 Å². The molecule has 0 nitrogen and oxygen atoms in total. The van der Waals surface area contributed by atoms with Gasteiger partial charge in [0.1, 0.15) is 0 Å². The van der Waals surface area contributed by atoms with Crippen LogP contribution in [-0.4, -0.2) is 5.75 Å². The lowest BCUT2D eigenvalue weighted by Crippen LogP contribution is -2.26. The van der Waals surface area contributed by atoms with Gasteiger partial charge >= 0.3 is 0 Å². The summed E-state index contributed by atoms with van der Waals surface area (Å²) in [5.41, 5.74) is 2.02. The molecule has 0 amide bonds. The molecule has 0 bridgehead atoms. The molecular weight excluding hydrogens is 188 g/mol. The molecule has 1 atom stereocenters. The van der Waals surface area contributed by atoms with Crippen LogP contribution in [0.1, 0.15) is 38.7 Å². The van der Waals surface area contributed by atoms with Crippen molar-refractivity contribution in [1.82, 2.24) is 0 Å². The van der Waals surface area contributed by atoms with Gasteiger partial charge in [-0.2, -0.15) is 0 Å². The van der Waals surface area contributed by atoms with E-state index < -0.39 is 0 Å². The van der Waals surface area contributed by atoms with Gasteiger partial charge in [0.2, 0.25) is 0 Å². The predicted octanol–water partition coefficient (Wildman–Crippen LogP) is 4.24. The predicted molar refractivity (Wildman–Crippen MR) is 64.0 cm³/mol. The van der Waals surface area contributed by atoms with Crippen LogP contribution < -0.4 is 0 Å². The molecule has 76 valence electrons. The van der Waals surface area contributed by atoms with E-state index in [0.717, 1.165) is 0 Å². The van der Waals surface area contributed by atoms with E-state index in [2.05, 4.69) is 38.1 Å². The van der Waals surface area contributed by atoms with E-state index in [4.69, 9.17) is 0 Å². The van der Waals surface area contributed by atoms with Crippen molar-refractivity contribution in [2.75, 3.05) is 5.75 Å². The summed E-state index contributed by atoms with van der Waals surface area (Å²) in [6.45, 7) is 4.71. The molecule has 0 saturated carbocycles. The summed E-state index contributed by atoms with van der Waals surface area (Å²) in [5, 5.41) is 0. The molecule has 0 N–H and O–H groups in total. The van der Waals surface area contributed by atoms with E-state index in [1.54, 1.807) is 5.56 Å². The molecule has 1 aliphatic heterocycles. The highest BCUT2D eigenvalue weighted by atomic mass is 32.2. The van der Waals surface area contributed by atoms with Crippen molar-refractivity contribution >= 4 is 11.8 Å². The Morgan fingerprint density at radius 1 is 1.36 bits per heavy atom. The Kier molecular flexibility index (Phi) is 2.87. The molecule has 1 aliphatic rings. The smallest absolute Gasteiger partial charge is 0.0110 e. The second kappa shape index (κ2) is 3.98. The summed E-state index contributed by atoms with van der Waals surface area (Å²) < 4.78 is 0. The third-order valence-corrected chi connectivity index (χ3v) is 4.33. The molecule has 0 fully saturated rings. The Bertz CT molecular complexity index is 319. The molecule has 1 unspecified atom stereocenters. The van der Waals surface area contributed by atoms with Crippen molar-refractivity contribution in [2.45, 2.75) is 43.4 Å². The van der Waals surface area contributed by atoms with Crippen molar-refractivity contribution in [2.24, 2.45) is 0 Å². The quantitative estimate of drug-likeness (QED) is 0.697. The Labute approximate surface area is 91.1 Å². The van der Waals surface area contributed by atoms with E-state index in [1.165, 1.54) is 29.9 Å². The Balaban J connectivity index is 2.39. The molecule has 0 saturated heterocycles. The largest absolute Gasteiger partial charge is 0.126 e. The first-order valence-corrected chi connectivity index (χ1v) is 6.47. The molecule has 14 heavy (non-hydrogen) atoms. The van der Waals surface area contributed by atoms with Gasteiger partial charge in [0.05, 0.1) is 0 Å². The van der Waals surface area contributed by atoms with Crippen molar-refractivity contribution < 1.29 is 0 Å². The monoisotopic (exact) mass is 206 g/mol. The van der Waals surface area contributed by atoms with Gasteiger partial charge in [-0.05, 0) is 35.6 Å². The van der Waals surface area contributed by atoms with Crippen LogP contribution in [0.25, 0.3) is 0 Å². The van der Waals surface area contributed by atoms with Crippen LogP contribution in [0.15, 0.2) is 29.2 Å². The summed E-state index contributed by atoms with van der Waals surface area (Å²) in [4.78, 5) is 1.51. The molecular formula is C13H18S. The summed E-state index contributed by atoms with van der Waals surface area (Å²) in [5.74, 6) is 1.29. The average molecular weight is 206 g/mol. The number of fused-ring (bicyclic) bond motifs is 1. The number of benzene rings is 1. The van der Waals surface area contributed by atoms with Gasteiger partial charge < -0.3 is 0 Å². The lowest BCUT2D eigenvalue weighted by molar-refractivity contribution is 0.405. The maximum absolute atomic E-state index is 2.43. The zero-order chi connectivity index (χ0) is 10.0. The normalized spacial score (nSPS) is 25.9. The second-order valence-corrected chi connectivity index (χ2v) is 5.54. The van der Waals surface area contributed by atoms with Crippen LogP contribution in [0, 0.1) is 0 Å². The summed E-state index contributed by atoms with van der Waals surface area (Å²) >= 11 is 2.02. The topological polar surface area (TPSA) is 0 Å². The highest BCUT2D eigenvalue weighted by Crippen LogP contribution is 2.43. The minimum absolute atomic E-state index is 0.441. The van der Waals surface area contributed by atoms with Gasteiger partial charge in [0.15, 0.2) is 0 Å². The van der Waals surface area contributed by atoms with Crippen LogP contribution >= 0.6 is 11.8 Å². The number of rotatable bonds is 2. The number of hydrogen-bond acceptors (Lipinski definition) is 1. The highest BCUT2D eigenvalue weighted by molar-refractivity contribution is 7.99. The van der Waals surface area contributed by atoms with E-state index in [-0.39, 0.29) is 0 Å². The van der Waals surface area contributed by atoms with E-state index >= 15 is 0 Å². The first-order valence-electron chi connectivity index (χ1n) is 5.48. The Morgan fingerprint density at radius 3 is 2.93 bits per heavy atom. The lowest BCUT2D eigenvalue weighted by Gasteiger charge is -2.35. The van der Waals surface area contributed by atoms with Gasteiger partial charge in [0, 0.05) is 4.90 Å². The Hall–Kier alpha value is -0.430. The van der Waals surface area contributed by atoms with Crippen molar-refractivity contribution in [3.63, 3.8) is 0 Å².